The van der Waals surface area contributed by atoms with Crippen LogP contribution in [-0.4, -0.2) is 59.6 Å². The molecule has 0 aliphatic carbocycles. The van der Waals surface area contributed by atoms with Gasteiger partial charge in [0.15, 0.2) is 0 Å². The lowest BCUT2D eigenvalue weighted by molar-refractivity contribution is -0.133. The summed E-state index contributed by atoms with van der Waals surface area (Å²) in [4.78, 5) is 17.8. The molecule has 1 atom stereocenters. The predicted molar refractivity (Wildman–Crippen MR) is 91.1 cm³/mol. The summed E-state index contributed by atoms with van der Waals surface area (Å²) in [7, 11) is 0. The highest BCUT2D eigenvalue weighted by Gasteiger charge is 2.27. The fourth-order valence-corrected chi connectivity index (χ4v) is 3.25. The number of aliphatic hydroxyl groups is 1. The summed E-state index contributed by atoms with van der Waals surface area (Å²) < 4.78 is 0. The maximum Gasteiger partial charge on any atom is 0.223 e. The van der Waals surface area contributed by atoms with Gasteiger partial charge in [0.25, 0.3) is 0 Å². The van der Waals surface area contributed by atoms with Gasteiger partial charge in [-0.25, -0.2) is 0 Å². The Morgan fingerprint density at radius 3 is 2.55 bits per heavy atom. The number of hydrogen-bond acceptors (Lipinski definition) is 4. The van der Waals surface area contributed by atoms with Crippen LogP contribution in [0.1, 0.15) is 32.1 Å². The summed E-state index contributed by atoms with van der Waals surface area (Å²) in [5.41, 5.74) is -0.0896. The standard InChI is InChI=1S/C17H28N2O2S/c1-17(2,3)15(20)13-18-8-10-19(11-9-18)16(21)7-6-14-5-4-12-22-14/h4-5,12,15,20H,6-11,13H2,1-3H3/t15-/m0/s1. The van der Waals surface area contributed by atoms with Crippen molar-refractivity contribution in [3.8, 4) is 0 Å². The van der Waals surface area contributed by atoms with Gasteiger partial charge in [0, 0.05) is 44.0 Å². The molecule has 0 aromatic carbocycles. The van der Waals surface area contributed by atoms with Crippen LogP contribution >= 0.6 is 11.3 Å². The Labute approximate surface area is 137 Å². The van der Waals surface area contributed by atoms with Crippen LogP contribution in [0.5, 0.6) is 0 Å². The number of hydrogen-bond donors (Lipinski definition) is 1. The van der Waals surface area contributed by atoms with Crippen LogP contribution in [0.3, 0.4) is 0 Å². The zero-order valence-corrected chi connectivity index (χ0v) is 14.7. The van der Waals surface area contributed by atoms with Crippen molar-refractivity contribution in [2.24, 2.45) is 5.41 Å². The highest BCUT2D eigenvalue weighted by atomic mass is 32.1. The van der Waals surface area contributed by atoms with Crippen LogP contribution in [0.25, 0.3) is 0 Å². The topological polar surface area (TPSA) is 43.8 Å². The zero-order chi connectivity index (χ0) is 16.2. The Morgan fingerprint density at radius 1 is 1.32 bits per heavy atom. The predicted octanol–water partition coefficient (Wildman–Crippen LogP) is 2.23. The summed E-state index contributed by atoms with van der Waals surface area (Å²) in [5, 5.41) is 12.2. The minimum Gasteiger partial charge on any atom is -0.391 e. The highest BCUT2D eigenvalue weighted by molar-refractivity contribution is 7.09. The number of aryl methyl sites for hydroxylation is 1. The van der Waals surface area contributed by atoms with E-state index in [1.807, 2.05) is 11.0 Å². The molecule has 1 N–H and O–H groups in total. The van der Waals surface area contributed by atoms with Crippen LogP contribution in [0, 0.1) is 5.41 Å². The molecule has 1 amide bonds. The van der Waals surface area contributed by atoms with Gasteiger partial charge in [-0.1, -0.05) is 26.8 Å². The number of β-amino-alcohol motifs (C(OH)–C–C–N with tert-alkyl or cyclic N) is 1. The second-order valence-electron chi connectivity index (χ2n) is 7.14. The number of carbonyl (C=O) groups is 1. The average molecular weight is 324 g/mol. The van der Waals surface area contributed by atoms with E-state index >= 15 is 0 Å². The molecule has 22 heavy (non-hydrogen) atoms. The molecule has 2 rings (SSSR count). The SMILES string of the molecule is CC(C)(C)[C@@H](O)CN1CCN(C(=O)CCc2cccs2)CC1. The first-order valence-electron chi connectivity index (χ1n) is 8.07. The van der Waals surface area contributed by atoms with E-state index in [2.05, 4.69) is 37.1 Å². The van der Waals surface area contributed by atoms with Crippen LogP contribution in [0.15, 0.2) is 17.5 Å². The van der Waals surface area contributed by atoms with Gasteiger partial charge in [-0.15, -0.1) is 11.3 Å². The van der Waals surface area contributed by atoms with Crippen LogP contribution < -0.4 is 0 Å². The Morgan fingerprint density at radius 2 is 2.00 bits per heavy atom. The molecule has 124 valence electrons. The number of piperazine rings is 1. The Balaban J connectivity index is 1.71. The normalized spacial score (nSPS) is 18.5. The van der Waals surface area contributed by atoms with Crippen LogP contribution in [-0.2, 0) is 11.2 Å². The molecule has 0 saturated carbocycles. The summed E-state index contributed by atoms with van der Waals surface area (Å²) in [6.45, 7) is 10.1. The lowest BCUT2D eigenvalue weighted by atomic mass is 9.89. The quantitative estimate of drug-likeness (QED) is 0.903. The summed E-state index contributed by atoms with van der Waals surface area (Å²) in [6, 6.07) is 4.12. The van der Waals surface area contributed by atoms with E-state index in [0.29, 0.717) is 13.0 Å². The number of thiophene rings is 1. The second kappa shape index (κ2) is 7.57. The van der Waals surface area contributed by atoms with Gasteiger partial charge in [-0.3, -0.25) is 9.69 Å². The molecule has 4 nitrogen and oxygen atoms in total. The van der Waals surface area contributed by atoms with Crippen molar-refractivity contribution in [3.05, 3.63) is 22.4 Å². The molecule has 1 aliphatic rings. The molecule has 1 aromatic rings. The third kappa shape index (κ3) is 5.07. The van der Waals surface area contributed by atoms with Gasteiger partial charge in [0.2, 0.25) is 5.91 Å². The molecule has 0 radical (unpaired) electrons. The van der Waals surface area contributed by atoms with E-state index in [1.54, 1.807) is 11.3 Å². The zero-order valence-electron chi connectivity index (χ0n) is 13.9. The number of nitrogens with zero attached hydrogens (tertiary/aromatic N) is 2. The van der Waals surface area contributed by atoms with Crippen molar-refractivity contribution in [1.82, 2.24) is 9.80 Å². The minimum absolute atomic E-state index is 0.0896. The van der Waals surface area contributed by atoms with Gasteiger partial charge >= 0.3 is 0 Å². The molecule has 1 fully saturated rings. The maximum atomic E-state index is 12.2. The second-order valence-corrected chi connectivity index (χ2v) is 8.17. The molecule has 2 heterocycles. The Kier molecular flexibility index (Phi) is 6.01. The first-order valence-corrected chi connectivity index (χ1v) is 8.95. The van der Waals surface area contributed by atoms with E-state index < -0.39 is 0 Å². The van der Waals surface area contributed by atoms with Gasteiger partial charge in [0.1, 0.15) is 0 Å². The average Bonchev–Trinajstić information content (AvgIpc) is 2.98. The van der Waals surface area contributed by atoms with Crippen molar-refractivity contribution in [2.75, 3.05) is 32.7 Å². The molecule has 1 saturated heterocycles. The largest absolute Gasteiger partial charge is 0.391 e. The molecule has 0 spiro atoms. The molecule has 1 aromatic heterocycles. The molecule has 0 bridgehead atoms. The van der Waals surface area contributed by atoms with Gasteiger partial charge in [-0.05, 0) is 23.3 Å². The number of carbonyl (C=O) groups excluding carboxylic acids is 1. The van der Waals surface area contributed by atoms with E-state index in [4.69, 9.17) is 0 Å². The van der Waals surface area contributed by atoms with E-state index in [-0.39, 0.29) is 17.4 Å². The third-order valence-corrected chi connectivity index (χ3v) is 5.26. The fraction of sp³-hybridized carbons (Fsp3) is 0.706. The van der Waals surface area contributed by atoms with E-state index in [0.717, 1.165) is 32.6 Å². The Hall–Kier alpha value is -0.910. The fourth-order valence-electron chi connectivity index (χ4n) is 2.54. The molecular weight excluding hydrogens is 296 g/mol. The summed E-state index contributed by atoms with van der Waals surface area (Å²) in [5.74, 6) is 0.254. The van der Waals surface area contributed by atoms with Crippen molar-refractivity contribution >= 4 is 17.2 Å². The van der Waals surface area contributed by atoms with Crippen molar-refractivity contribution in [3.63, 3.8) is 0 Å². The molecule has 1 aliphatic heterocycles. The van der Waals surface area contributed by atoms with Gasteiger partial charge in [0.05, 0.1) is 6.10 Å². The number of amides is 1. The van der Waals surface area contributed by atoms with E-state index in [9.17, 15) is 9.90 Å². The van der Waals surface area contributed by atoms with Crippen LogP contribution in [0.2, 0.25) is 0 Å². The van der Waals surface area contributed by atoms with Crippen molar-refractivity contribution < 1.29 is 9.90 Å². The number of aliphatic hydroxyl groups excluding tert-OH is 1. The van der Waals surface area contributed by atoms with Gasteiger partial charge < -0.3 is 10.0 Å². The highest BCUT2D eigenvalue weighted by Crippen LogP contribution is 2.20. The molecular formula is C17H28N2O2S. The smallest absolute Gasteiger partial charge is 0.223 e. The van der Waals surface area contributed by atoms with E-state index in [1.165, 1.54) is 4.88 Å². The first kappa shape index (κ1) is 17.4. The number of rotatable bonds is 5. The Bertz CT molecular complexity index is 460. The summed E-state index contributed by atoms with van der Waals surface area (Å²) >= 11 is 1.71. The summed E-state index contributed by atoms with van der Waals surface area (Å²) in [6.07, 6.45) is 1.12. The lowest BCUT2D eigenvalue weighted by Gasteiger charge is -2.38. The van der Waals surface area contributed by atoms with Crippen molar-refractivity contribution in [1.29, 1.82) is 0 Å². The maximum absolute atomic E-state index is 12.2. The molecule has 0 unspecified atom stereocenters. The van der Waals surface area contributed by atoms with Crippen LogP contribution in [0.4, 0.5) is 0 Å². The molecule has 5 heteroatoms. The lowest BCUT2D eigenvalue weighted by Crippen LogP contribution is -2.51. The van der Waals surface area contributed by atoms with Gasteiger partial charge in [-0.2, -0.15) is 0 Å². The van der Waals surface area contributed by atoms with Crippen molar-refractivity contribution in [2.45, 2.75) is 39.7 Å². The first-order chi connectivity index (χ1) is 10.4. The minimum atomic E-state index is -0.325. The monoisotopic (exact) mass is 324 g/mol. The third-order valence-electron chi connectivity index (χ3n) is 4.32.